The van der Waals surface area contributed by atoms with Gasteiger partial charge in [-0.2, -0.15) is 0 Å². The molecule has 5 nitrogen and oxygen atoms in total. The Hall–Kier alpha value is -2.67. The second-order valence-corrected chi connectivity index (χ2v) is 11.1. The Morgan fingerprint density at radius 1 is 0.914 bits per heavy atom. The van der Waals surface area contributed by atoms with Crippen LogP contribution in [0.5, 0.6) is 5.75 Å². The van der Waals surface area contributed by atoms with Gasteiger partial charge in [0.1, 0.15) is 17.3 Å². The Labute approximate surface area is 214 Å². The summed E-state index contributed by atoms with van der Waals surface area (Å²) in [5.41, 5.74) is 2.46. The summed E-state index contributed by atoms with van der Waals surface area (Å²) in [5, 5.41) is 3.53. The average Bonchev–Trinajstić information content (AvgIpc) is 3.30. The predicted octanol–water partition coefficient (Wildman–Crippen LogP) is 5.42. The summed E-state index contributed by atoms with van der Waals surface area (Å²) < 4.78 is 30.7. The van der Waals surface area contributed by atoms with Crippen LogP contribution in [0.15, 0.2) is 83.8 Å². The Morgan fingerprint density at radius 2 is 1.51 bits per heavy atom. The normalized spacial score (nSPS) is 14.8. The van der Waals surface area contributed by atoms with Gasteiger partial charge in [0.2, 0.25) is 0 Å². The summed E-state index contributed by atoms with van der Waals surface area (Å²) in [4.78, 5) is 13.1. The van der Waals surface area contributed by atoms with Gasteiger partial charge in [-0.15, -0.1) is 12.4 Å². The van der Waals surface area contributed by atoms with Crippen molar-refractivity contribution in [2.24, 2.45) is 0 Å². The third-order valence-corrected chi connectivity index (χ3v) is 7.59. The maximum Gasteiger partial charge on any atom is 0.179 e. The Bertz CT molecular complexity index is 1220. The Kier molecular flexibility index (Phi) is 9.11. The van der Waals surface area contributed by atoms with Crippen molar-refractivity contribution in [3.05, 3.63) is 95.6 Å². The van der Waals surface area contributed by atoms with Gasteiger partial charge in [0.15, 0.2) is 15.6 Å². The molecule has 7 heteroatoms. The minimum absolute atomic E-state index is 0. The first-order valence-electron chi connectivity index (χ1n) is 11.7. The molecule has 1 fully saturated rings. The average molecular weight is 514 g/mol. The highest BCUT2D eigenvalue weighted by Gasteiger charge is 2.34. The number of Topliss-reactive ketones (excluding diaryl/α,β-unsaturated/α-hetero) is 1. The molecule has 1 saturated carbocycles. The molecule has 0 bridgehead atoms. The molecule has 3 aromatic rings. The number of ether oxygens (including phenoxy) is 1. The van der Waals surface area contributed by atoms with E-state index in [0.29, 0.717) is 5.56 Å². The zero-order chi connectivity index (χ0) is 24.0. The lowest BCUT2D eigenvalue weighted by molar-refractivity contribution is 0.0976. The van der Waals surface area contributed by atoms with Gasteiger partial charge in [0.25, 0.3) is 0 Å². The van der Waals surface area contributed by atoms with Crippen molar-refractivity contribution < 1.29 is 17.9 Å². The number of benzene rings is 3. The van der Waals surface area contributed by atoms with E-state index >= 15 is 0 Å². The lowest BCUT2D eigenvalue weighted by Crippen LogP contribution is -2.47. The van der Waals surface area contributed by atoms with Crippen LogP contribution in [-0.4, -0.2) is 32.5 Å². The van der Waals surface area contributed by atoms with Crippen LogP contribution in [-0.2, 0) is 22.9 Å². The van der Waals surface area contributed by atoms with Crippen LogP contribution >= 0.6 is 12.4 Å². The second kappa shape index (κ2) is 11.8. The third-order valence-electron chi connectivity index (χ3n) is 6.47. The van der Waals surface area contributed by atoms with Crippen molar-refractivity contribution >= 4 is 28.0 Å². The molecule has 0 aliphatic heterocycles. The fourth-order valence-corrected chi connectivity index (χ4v) is 5.48. The van der Waals surface area contributed by atoms with Crippen LogP contribution in [0.1, 0.15) is 47.2 Å². The van der Waals surface area contributed by atoms with E-state index in [-0.39, 0.29) is 47.5 Å². The van der Waals surface area contributed by atoms with Crippen molar-refractivity contribution in [3.63, 3.8) is 0 Å². The molecule has 0 aromatic heterocycles. The summed E-state index contributed by atoms with van der Waals surface area (Å²) in [6.07, 6.45) is 6.34. The zero-order valence-electron chi connectivity index (χ0n) is 19.9. The molecular weight excluding hydrogens is 482 g/mol. The highest BCUT2D eigenvalue weighted by molar-refractivity contribution is 7.90. The molecule has 0 unspecified atom stereocenters. The van der Waals surface area contributed by atoms with Crippen molar-refractivity contribution in [1.29, 1.82) is 0 Å². The molecule has 0 atom stereocenters. The number of nitrogens with one attached hydrogen (secondary N) is 1. The van der Waals surface area contributed by atoms with E-state index in [1.807, 2.05) is 48.5 Å². The number of sulfone groups is 1. The molecule has 186 valence electrons. The van der Waals surface area contributed by atoms with Gasteiger partial charge in [-0.05, 0) is 48.6 Å². The number of ketones is 1. The summed E-state index contributed by atoms with van der Waals surface area (Å²) >= 11 is 0. The Balaban J connectivity index is 0.00000342. The van der Waals surface area contributed by atoms with Gasteiger partial charge in [0, 0.05) is 17.4 Å². The summed E-state index contributed by atoms with van der Waals surface area (Å²) in [5.74, 6) is 0.131. The number of rotatable bonds is 10. The topological polar surface area (TPSA) is 72.5 Å². The van der Waals surface area contributed by atoms with Gasteiger partial charge in [0.05, 0.1) is 6.54 Å². The van der Waals surface area contributed by atoms with Gasteiger partial charge < -0.3 is 10.1 Å². The number of carbonyl (C=O) groups excluding carboxylic acids is 1. The third kappa shape index (κ3) is 7.17. The predicted molar refractivity (Wildman–Crippen MR) is 141 cm³/mol. The quantitative estimate of drug-likeness (QED) is 0.366. The van der Waals surface area contributed by atoms with Crippen LogP contribution in [0.3, 0.4) is 0 Å². The van der Waals surface area contributed by atoms with E-state index in [4.69, 9.17) is 4.74 Å². The van der Waals surface area contributed by atoms with Crippen LogP contribution in [0.25, 0.3) is 0 Å². The van der Waals surface area contributed by atoms with Crippen LogP contribution in [0, 0.1) is 0 Å². The number of hydrogen-bond donors (Lipinski definition) is 1. The lowest BCUT2D eigenvalue weighted by Gasteiger charge is -2.30. The lowest BCUT2D eigenvalue weighted by atomic mass is 9.88. The minimum Gasteiger partial charge on any atom is -0.488 e. The van der Waals surface area contributed by atoms with E-state index in [0.717, 1.165) is 43.9 Å². The molecule has 1 N–H and O–H groups in total. The van der Waals surface area contributed by atoms with Crippen LogP contribution < -0.4 is 10.1 Å². The smallest absolute Gasteiger partial charge is 0.179 e. The van der Waals surface area contributed by atoms with Crippen molar-refractivity contribution in [2.75, 3.05) is 12.8 Å². The van der Waals surface area contributed by atoms with Crippen LogP contribution in [0.2, 0.25) is 0 Å². The van der Waals surface area contributed by atoms with Crippen molar-refractivity contribution in [1.82, 2.24) is 5.32 Å². The molecular formula is C28H32ClNO4S. The standard InChI is InChI=1S/C28H31NO4S.ClH/c1-34(31,32)27-18-24(14-15-26(27)33-21-23-12-6-3-7-13-23)25(30)20-29-28(16-8-9-17-28)19-22-10-4-2-5-11-22;/h2-7,10-15,18,29H,8-9,16-17,19-21H2,1H3;1H. The van der Waals surface area contributed by atoms with E-state index in [2.05, 4.69) is 17.4 Å². The largest absolute Gasteiger partial charge is 0.488 e. The van der Waals surface area contributed by atoms with Crippen molar-refractivity contribution in [2.45, 2.75) is 49.1 Å². The fourth-order valence-electron chi connectivity index (χ4n) is 4.65. The van der Waals surface area contributed by atoms with Crippen LogP contribution in [0.4, 0.5) is 0 Å². The highest BCUT2D eigenvalue weighted by Crippen LogP contribution is 2.33. The van der Waals surface area contributed by atoms with E-state index in [1.165, 1.54) is 11.6 Å². The highest BCUT2D eigenvalue weighted by atomic mass is 35.5. The molecule has 0 amide bonds. The first-order valence-corrected chi connectivity index (χ1v) is 13.6. The maximum absolute atomic E-state index is 13.1. The van der Waals surface area contributed by atoms with Gasteiger partial charge in [-0.1, -0.05) is 73.5 Å². The molecule has 0 saturated heterocycles. The molecule has 3 aromatic carbocycles. The molecule has 4 rings (SSSR count). The van der Waals surface area contributed by atoms with Gasteiger partial charge in [-0.3, -0.25) is 4.79 Å². The molecule has 1 aliphatic carbocycles. The monoisotopic (exact) mass is 513 g/mol. The summed E-state index contributed by atoms with van der Waals surface area (Å²) in [6, 6.07) is 24.6. The zero-order valence-corrected chi connectivity index (χ0v) is 21.5. The van der Waals surface area contributed by atoms with E-state index in [9.17, 15) is 13.2 Å². The fraction of sp³-hybridized carbons (Fsp3) is 0.321. The first kappa shape index (κ1) is 26.9. The summed E-state index contributed by atoms with van der Waals surface area (Å²) in [6.45, 7) is 0.417. The SMILES string of the molecule is CS(=O)(=O)c1cc(C(=O)CNC2(Cc3ccccc3)CCCC2)ccc1OCc1ccccc1.Cl. The molecule has 1 aliphatic rings. The molecule has 0 radical (unpaired) electrons. The van der Waals surface area contributed by atoms with Gasteiger partial charge >= 0.3 is 0 Å². The molecule has 35 heavy (non-hydrogen) atoms. The van der Waals surface area contributed by atoms with Crippen molar-refractivity contribution in [3.8, 4) is 5.75 Å². The number of halogens is 1. The molecule has 0 heterocycles. The molecule has 0 spiro atoms. The van der Waals surface area contributed by atoms with Gasteiger partial charge in [-0.25, -0.2) is 8.42 Å². The van der Waals surface area contributed by atoms with E-state index in [1.54, 1.807) is 12.1 Å². The minimum atomic E-state index is -3.57. The first-order chi connectivity index (χ1) is 16.3. The number of hydrogen-bond acceptors (Lipinski definition) is 5. The maximum atomic E-state index is 13.1. The summed E-state index contributed by atoms with van der Waals surface area (Å²) in [7, 11) is -3.57. The Morgan fingerprint density at radius 3 is 2.11 bits per heavy atom. The van der Waals surface area contributed by atoms with E-state index < -0.39 is 9.84 Å². The number of carbonyl (C=O) groups is 1. The second-order valence-electron chi connectivity index (χ2n) is 9.13.